The maximum Gasteiger partial charge on any atom is 0.0280 e. The van der Waals surface area contributed by atoms with Crippen LogP contribution in [0, 0.1) is 0 Å². The summed E-state index contributed by atoms with van der Waals surface area (Å²) in [5.74, 6) is 0. The molecule has 0 radical (unpaired) electrons. The Morgan fingerprint density at radius 3 is 2.67 bits per heavy atom. The third kappa shape index (κ3) is 4.98. The number of hydrogen-bond acceptors (Lipinski definition) is 2. The minimum Gasteiger partial charge on any atom is -0.310 e. The Morgan fingerprint density at radius 2 is 2.07 bits per heavy atom. The van der Waals surface area contributed by atoms with Gasteiger partial charge in [-0.25, -0.2) is 0 Å². The summed E-state index contributed by atoms with van der Waals surface area (Å²) in [5, 5.41) is 3.68. The highest BCUT2D eigenvalue weighted by atomic mass is 15.1. The van der Waals surface area contributed by atoms with Gasteiger partial charge in [-0.2, -0.15) is 0 Å². The lowest BCUT2D eigenvalue weighted by Gasteiger charge is -2.38. The van der Waals surface area contributed by atoms with E-state index in [1.165, 1.54) is 58.2 Å². The van der Waals surface area contributed by atoms with E-state index < -0.39 is 0 Å². The Morgan fingerprint density at radius 1 is 1.27 bits per heavy atom. The number of rotatable bonds is 6. The molecule has 0 spiro atoms. The molecule has 0 bridgehead atoms. The first-order chi connectivity index (χ1) is 7.16. The van der Waals surface area contributed by atoms with E-state index in [9.17, 15) is 0 Å². The van der Waals surface area contributed by atoms with Crippen molar-refractivity contribution < 1.29 is 0 Å². The van der Waals surface area contributed by atoms with Crippen molar-refractivity contribution in [2.75, 3.05) is 26.7 Å². The van der Waals surface area contributed by atoms with Crippen molar-refractivity contribution in [1.29, 1.82) is 0 Å². The fraction of sp³-hybridized carbons (Fsp3) is 1.00. The molecular formula is C13H28N2. The first kappa shape index (κ1) is 13.0. The molecule has 2 heteroatoms. The van der Waals surface area contributed by atoms with Crippen LogP contribution < -0.4 is 5.32 Å². The number of unbranched alkanes of at least 4 members (excludes halogenated alkanes) is 2. The first-order valence-corrected chi connectivity index (χ1v) is 6.60. The average molecular weight is 212 g/mol. The van der Waals surface area contributed by atoms with Crippen LogP contribution >= 0.6 is 0 Å². The van der Waals surface area contributed by atoms with Gasteiger partial charge in [0.05, 0.1) is 0 Å². The highest BCUT2D eigenvalue weighted by molar-refractivity contribution is 4.88. The molecule has 1 fully saturated rings. The Kier molecular flexibility index (Phi) is 5.62. The SMILES string of the molecule is CCCCCN(C)CC1(C)CCCCN1. The maximum absolute atomic E-state index is 3.68. The van der Waals surface area contributed by atoms with E-state index in [-0.39, 0.29) is 0 Å². The van der Waals surface area contributed by atoms with Crippen molar-refractivity contribution in [3.8, 4) is 0 Å². The van der Waals surface area contributed by atoms with Crippen LogP contribution in [0.25, 0.3) is 0 Å². The summed E-state index contributed by atoms with van der Waals surface area (Å²) in [6.07, 6.45) is 8.13. The van der Waals surface area contributed by atoms with E-state index in [1.807, 2.05) is 0 Å². The molecule has 15 heavy (non-hydrogen) atoms. The molecule has 1 atom stereocenters. The lowest BCUT2D eigenvalue weighted by molar-refractivity contribution is 0.185. The van der Waals surface area contributed by atoms with Crippen LogP contribution in [-0.2, 0) is 0 Å². The van der Waals surface area contributed by atoms with E-state index in [0.29, 0.717) is 5.54 Å². The molecule has 0 amide bonds. The fourth-order valence-corrected chi connectivity index (χ4v) is 2.56. The summed E-state index contributed by atoms with van der Waals surface area (Å²) in [6, 6.07) is 0. The second-order valence-corrected chi connectivity index (χ2v) is 5.39. The molecule has 0 aliphatic carbocycles. The van der Waals surface area contributed by atoms with Gasteiger partial charge in [-0.3, -0.25) is 0 Å². The fourth-order valence-electron chi connectivity index (χ4n) is 2.56. The minimum atomic E-state index is 0.374. The highest BCUT2D eigenvalue weighted by Gasteiger charge is 2.26. The van der Waals surface area contributed by atoms with E-state index >= 15 is 0 Å². The number of nitrogens with one attached hydrogen (secondary N) is 1. The number of piperidine rings is 1. The van der Waals surface area contributed by atoms with Crippen molar-refractivity contribution in [3.05, 3.63) is 0 Å². The molecule has 90 valence electrons. The van der Waals surface area contributed by atoms with Crippen LogP contribution in [-0.4, -0.2) is 37.1 Å². The van der Waals surface area contributed by atoms with Gasteiger partial charge in [-0.05, 0) is 46.3 Å². The van der Waals surface area contributed by atoms with E-state index in [2.05, 4.69) is 31.1 Å². The number of likely N-dealkylation sites (N-methyl/N-ethyl adjacent to an activating group) is 1. The van der Waals surface area contributed by atoms with E-state index in [1.54, 1.807) is 0 Å². The smallest absolute Gasteiger partial charge is 0.0280 e. The van der Waals surface area contributed by atoms with Crippen LogP contribution in [0.15, 0.2) is 0 Å². The lowest BCUT2D eigenvalue weighted by Crippen LogP contribution is -2.53. The Bertz CT molecular complexity index is 162. The van der Waals surface area contributed by atoms with Gasteiger partial charge in [-0.1, -0.05) is 26.2 Å². The first-order valence-electron chi connectivity index (χ1n) is 6.60. The summed E-state index contributed by atoms with van der Waals surface area (Å²) in [4.78, 5) is 2.49. The third-order valence-electron chi connectivity index (χ3n) is 3.47. The Balaban J connectivity index is 2.20. The van der Waals surface area contributed by atoms with Crippen molar-refractivity contribution in [1.82, 2.24) is 10.2 Å². The standard InChI is InChI=1S/C13H28N2/c1-4-5-8-11-15(3)12-13(2)9-6-7-10-14-13/h14H,4-12H2,1-3H3. The molecule has 1 saturated heterocycles. The number of nitrogens with zero attached hydrogens (tertiary/aromatic N) is 1. The molecule has 1 heterocycles. The van der Waals surface area contributed by atoms with Gasteiger partial charge in [0.15, 0.2) is 0 Å². The molecule has 1 aliphatic heterocycles. The topological polar surface area (TPSA) is 15.3 Å². The van der Waals surface area contributed by atoms with Gasteiger partial charge in [0.25, 0.3) is 0 Å². The van der Waals surface area contributed by atoms with Crippen molar-refractivity contribution in [3.63, 3.8) is 0 Å². The molecule has 0 aromatic carbocycles. The van der Waals surface area contributed by atoms with Gasteiger partial charge in [0.2, 0.25) is 0 Å². The summed E-state index contributed by atoms with van der Waals surface area (Å²) < 4.78 is 0. The number of hydrogen-bond donors (Lipinski definition) is 1. The summed E-state index contributed by atoms with van der Waals surface area (Å²) in [7, 11) is 2.26. The van der Waals surface area contributed by atoms with E-state index in [4.69, 9.17) is 0 Å². The van der Waals surface area contributed by atoms with Gasteiger partial charge in [0.1, 0.15) is 0 Å². The minimum absolute atomic E-state index is 0.374. The zero-order chi connectivity index (χ0) is 11.1. The molecule has 0 aromatic rings. The molecular weight excluding hydrogens is 184 g/mol. The van der Waals surface area contributed by atoms with Gasteiger partial charge < -0.3 is 10.2 Å². The van der Waals surface area contributed by atoms with Crippen molar-refractivity contribution >= 4 is 0 Å². The zero-order valence-corrected chi connectivity index (χ0v) is 10.8. The second kappa shape index (κ2) is 6.49. The summed E-state index contributed by atoms with van der Waals surface area (Å²) >= 11 is 0. The normalized spacial score (nSPS) is 27.2. The van der Waals surface area contributed by atoms with Crippen molar-refractivity contribution in [2.24, 2.45) is 0 Å². The molecule has 1 rings (SSSR count). The highest BCUT2D eigenvalue weighted by Crippen LogP contribution is 2.19. The molecule has 1 aliphatic rings. The largest absolute Gasteiger partial charge is 0.310 e. The summed E-state index contributed by atoms with van der Waals surface area (Å²) in [5.41, 5.74) is 0.374. The second-order valence-electron chi connectivity index (χ2n) is 5.39. The van der Waals surface area contributed by atoms with Crippen LogP contribution in [0.5, 0.6) is 0 Å². The quantitative estimate of drug-likeness (QED) is 0.681. The predicted molar refractivity (Wildman–Crippen MR) is 67.3 cm³/mol. The van der Waals surface area contributed by atoms with E-state index in [0.717, 1.165) is 0 Å². The van der Waals surface area contributed by atoms with Crippen LogP contribution in [0.4, 0.5) is 0 Å². The van der Waals surface area contributed by atoms with Crippen LogP contribution in [0.2, 0.25) is 0 Å². The molecule has 1 unspecified atom stereocenters. The Hall–Kier alpha value is -0.0800. The predicted octanol–water partition coefficient (Wildman–Crippen LogP) is 2.64. The van der Waals surface area contributed by atoms with Gasteiger partial charge >= 0.3 is 0 Å². The zero-order valence-electron chi connectivity index (χ0n) is 10.8. The molecule has 1 N–H and O–H groups in total. The Labute approximate surface area is 95.4 Å². The average Bonchev–Trinajstić information content (AvgIpc) is 2.18. The molecule has 0 aromatic heterocycles. The van der Waals surface area contributed by atoms with Crippen molar-refractivity contribution in [2.45, 2.75) is 57.9 Å². The maximum atomic E-state index is 3.68. The monoisotopic (exact) mass is 212 g/mol. The lowest BCUT2D eigenvalue weighted by atomic mass is 9.90. The van der Waals surface area contributed by atoms with Gasteiger partial charge in [-0.15, -0.1) is 0 Å². The third-order valence-corrected chi connectivity index (χ3v) is 3.47. The summed E-state index contributed by atoms with van der Waals surface area (Å²) in [6.45, 7) is 8.31. The molecule has 2 nitrogen and oxygen atoms in total. The van der Waals surface area contributed by atoms with Crippen LogP contribution in [0.1, 0.15) is 52.4 Å². The van der Waals surface area contributed by atoms with Crippen LogP contribution in [0.3, 0.4) is 0 Å². The van der Waals surface area contributed by atoms with Gasteiger partial charge in [0, 0.05) is 12.1 Å². The molecule has 0 saturated carbocycles.